The SMILES string of the molecule is Cc1[nH]c2ccccc2c1/C=N/Nc1oc(CC(C)C)nc1C#N. The normalized spacial score (nSPS) is 11.5. The van der Waals surface area contributed by atoms with Crippen LogP contribution in [-0.2, 0) is 6.42 Å². The number of aryl methyl sites for hydroxylation is 1. The summed E-state index contributed by atoms with van der Waals surface area (Å²) in [6.07, 6.45) is 2.40. The van der Waals surface area contributed by atoms with Gasteiger partial charge in [0, 0.05) is 28.6 Å². The number of hydrazone groups is 1. The third-order valence-corrected chi connectivity index (χ3v) is 3.66. The predicted octanol–water partition coefficient (Wildman–Crippen LogP) is 3.98. The Kier molecular flexibility index (Phi) is 4.34. The largest absolute Gasteiger partial charge is 0.422 e. The third kappa shape index (κ3) is 3.15. The van der Waals surface area contributed by atoms with Gasteiger partial charge < -0.3 is 9.40 Å². The highest BCUT2D eigenvalue weighted by atomic mass is 16.4. The quantitative estimate of drug-likeness (QED) is 0.549. The molecule has 0 aliphatic rings. The maximum Gasteiger partial charge on any atom is 0.252 e. The van der Waals surface area contributed by atoms with E-state index in [4.69, 9.17) is 9.68 Å². The Morgan fingerprint density at radius 1 is 1.42 bits per heavy atom. The molecule has 0 saturated heterocycles. The number of aromatic nitrogens is 2. The van der Waals surface area contributed by atoms with Crippen molar-refractivity contribution < 1.29 is 4.42 Å². The van der Waals surface area contributed by atoms with E-state index in [0.717, 1.165) is 22.2 Å². The van der Waals surface area contributed by atoms with Crippen molar-refractivity contribution in [3.05, 3.63) is 47.1 Å². The zero-order valence-corrected chi connectivity index (χ0v) is 13.9. The highest BCUT2D eigenvalue weighted by Crippen LogP contribution is 2.21. The van der Waals surface area contributed by atoms with Crippen LogP contribution in [0, 0.1) is 24.2 Å². The summed E-state index contributed by atoms with van der Waals surface area (Å²) in [5.41, 5.74) is 6.10. The topological polar surface area (TPSA) is 90.0 Å². The second-order valence-electron chi connectivity index (χ2n) is 6.07. The van der Waals surface area contributed by atoms with Gasteiger partial charge in [-0.05, 0) is 18.9 Å². The first-order valence-corrected chi connectivity index (χ1v) is 7.84. The Morgan fingerprint density at radius 3 is 2.96 bits per heavy atom. The molecular weight excluding hydrogens is 302 g/mol. The second-order valence-corrected chi connectivity index (χ2v) is 6.07. The lowest BCUT2D eigenvalue weighted by atomic mass is 10.1. The first-order valence-electron chi connectivity index (χ1n) is 7.84. The monoisotopic (exact) mass is 321 g/mol. The summed E-state index contributed by atoms with van der Waals surface area (Å²) in [4.78, 5) is 7.50. The predicted molar refractivity (Wildman–Crippen MR) is 94.0 cm³/mol. The number of oxazole rings is 1. The van der Waals surface area contributed by atoms with Crippen LogP contribution >= 0.6 is 0 Å². The number of para-hydroxylation sites is 1. The lowest BCUT2D eigenvalue weighted by Gasteiger charge is -1.98. The second kappa shape index (κ2) is 6.59. The van der Waals surface area contributed by atoms with E-state index in [2.05, 4.69) is 34.3 Å². The van der Waals surface area contributed by atoms with Crippen LogP contribution in [0.1, 0.15) is 36.7 Å². The van der Waals surface area contributed by atoms with E-state index in [-0.39, 0.29) is 11.6 Å². The number of benzene rings is 1. The number of H-pyrrole nitrogens is 1. The maximum atomic E-state index is 9.17. The van der Waals surface area contributed by atoms with Gasteiger partial charge in [-0.1, -0.05) is 32.0 Å². The number of fused-ring (bicyclic) bond motifs is 1. The average Bonchev–Trinajstić information content (AvgIpc) is 3.07. The fourth-order valence-corrected chi connectivity index (χ4v) is 2.57. The van der Waals surface area contributed by atoms with E-state index in [1.807, 2.05) is 37.3 Å². The molecule has 0 bridgehead atoms. The summed E-state index contributed by atoms with van der Waals surface area (Å²) in [5, 5.41) is 14.5. The lowest BCUT2D eigenvalue weighted by Crippen LogP contribution is -1.93. The molecule has 0 atom stereocenters. The van der Waals surface area contributed by atoms with Gasteiger partial charge in [-0.3, -0.25) is 0 Å². The summed E-state index contributed by atoms with van der Waals surface area (Å²) in [6, 6.07) is 10.1. The molecule has 0 unspecified atom stereocenters. The molecule has 2 aromatic heterocycles. The van der Waals surface area contributed by atoms with Gasteiger partial charge >= 0.3 is 0 Å². The number of nitriles is 1. The average molecular weight is 321 g/mol. The Balaban J connectivity index is 1.82. The summed E-state index contributed by atoms with van der Waals surface area (Å²) in [6.45, 7) is 6.14. The van der Waals surface area contributed by atoms with Crippen molar-refractivity contribution in [1.82, 2.24) is 9.97 Å². The molecule has 6 heteroatoms. The number of anilines is 1. The first kappa shape index (κ1) is 15.8. The smallest absolute Gasteiger partial charge is 0.252 e. The molecule has 0 fully saturated rings. The van der Waals surface area contributed by atoms with Crippen LogP contribution in [0.2, 0.25) is 0 Å². The minimum atomic E-state index is 0.221. The molecule has 3 rings (SSSR count). The highest BCUT2D eigenvalue weighted by Gasteiger charge is 2.13. The molecule has 2 heterocycles. The molecule has 0 saturated carbocycles. The standard InChI is InChI=1S/C18H19N5O/c1-11(2)8-17-22-16(9-19)18(24-17)23-20-10-14-12(3)21-15-7-5-4-6-13(14)15/h4-7,10-11,21,23H,8H2,1-3H3/b20-10+. The fourth-order valence-electron chi connectivity index (χ4n) is 2.57. The fraction of sp³-hybridized carbons (Fsp3) is 0.278. The number of aromatic amines is 1. The third-order valence-electron chi connectivity index (χ3n) is 3.66. The molecule has 2 N–H and O–H groups in total. The Morgan fingerprint density at radius 2 is 2.21 bits per heavy atom. The number of rotatable bonds is 5. The number of hydrogen-bond donors (Lipinski definition) is 2. The van der Waals surface area contributed by atoms with E-state index in [1.165, 1.54) is 0 Å². The molecule has 0 aliphatic carbocycles. The van der Waals surface area contributed by atoms with Gasteiger partial charge in [-0.2, -0.15) is 10.4 Å². The van der Waals surface area contributed by atoms with Gasteiger partial charge in [0.15, 0.2) is 5.89 Å². The van der Waals surface area contributed by atoms with Crippen molar-refractivity contribution in [2.24, 2.45) is 11.0 Å². The van der Waals surface area contributed by atoms with Gasteiger partial charge in [0.2, 0.25) is 5.69 Å². The molecule has 0 radical (unpaired) electrons. The molecule has 24 heavy (non-hydrogen) atoms. The first-order chi connectivity index (χ1) is 11.6. The molecule has 1 aromatic carbocycles. The highest BCUT2D eigenvalue weighted by molar-refractivity contribution is 6.00. The Hall–Kier alpha value is -3.07. The van der Waals surface area contributed by atoms with Gasteiger partial charge in [0.05, 0.1) is 6.21 Å². The van der Waals surface area contributed by atoms with Crippen LogP contribution in [0.15, 0.2) is 33.8 Å². The summed E-state index contributed by atoms with van der Waals surface area (Å²) in [5.74, 6) is 1.23. The molecule has 3 aromatic rings. The Bertz CT molecular complexity index is 927. The minimum Gasteiger partial charge on any atom is -0.422 e. The van der Waals surface area contributed by atoms with E-state index in [9.17, 15) is 0 Å². The number of nitrogens with zero attached hydrogens (tertiary/aromatic N) is 3. The van der Waals surface area contributed by atoms with Crippen molar-refractivity contribution in [2.45, 2.75) is 27.2 Å². The number of nitrogens with one attached hydrogen (secondary N) is 2. The van der Waals surface area contributed by atoms with Crippen molar-refractivity contribution in [3.63, 3.8) is 0 Å². The Labute approximate surface area is 140 Å². The molecule has 0 amide bonds. The number of hydrogen-bond acceptors (Lipinski definition) is 5. The van der Waals surface area contributed by atoms with E-state index in [1.54, 1.807) is 6.21 Å². The van der Waals surface area contributed by atoms with Crippen LogP contribution in [0.3, 0.4) is 0 Å². The van der Waals surface area contributed by atoms with Gasteiger partial charge in [0.25, 0.3) is 5.88 Å². The van der Waals surface area contributed by atoms with Crippen LogP contribution < -0.4 is 5.43 Å². The van der Waals surface area contributed by atoms with Crippen molar-refractivity contribution in [1.29, 1.82) is 5.26 Å². The van der Waals surface area contributed by atoms with Crippen LogP contribution in [-0.4, -0.2) is 16.2 Å². The molecule has 6 nitrogen and oxygen atoms in total. The zero-order valence-electron chi connectivity index (χ0n) is 13.9. The van der Waals surface area contributed by atoms with Crippen molar-refractivity contribution in [3.8, 4) is 6.07 Å². The van der Waals surface area contributed by atoms with E-state index in [0.29, 0.717) is 18.2 Å². The van der Waals surface area contributed by atoms with Gasteiger partial charge in [-0.25, -0.2) is 10.4 Å². The minimum absolute atomic E-state index is 0.221. The van der Waals surface area contributed by atoms with Crippen molar-refractivity contribution in [2.75, 3.05) is 5.43 Å². The van der Waals surface area contributed by atoms with Crippen LogP contribution in [0.25, 0.3) is 10.9 Å². The van der Waals surface area contributed by atoms with Crippen LogP contribution in [0.4, 0.5) is 5.88 Å². The van der Waals surface area contributed by atoms with Gasteiger partial charge in [-0.15, -0.1) is 0 Å². The van der Waals surface area contributed by atoms with Crippen molar-refractivity contribution >= 4 is 23.0 Å². The van der Waals surface area contributed by atoms with Gasteiger partial charge in [0.1, 0.15) is 6.07 Å². The summed E-state index contributed by atoms with van der Waals surface area (Å²) < 4.78 is 5.59. The van der Waals surface area contributed by atoms with E-state index < -0.39 is 0 Å². The molecule has 122 valence electrons. The van der Waals surface area contributed by atoms with E-state index >= 15 is 0 Å². The summed E-state index contributed by atoms with van der Waals surface area (Å²) in [7, 11) is 0. The molecule has 0 aliphatic heterocycles. The molecular formula is C18H19N5O. The zero-order chi connectivity index (χ0) is 17.1. The molecule has 0 spiro atoms. The lowest BCUT2D eigenvalue weighted by molar-refractivity contribution is 0.466. The summed E-state index contributed by atoms with van der Waals surface area (Å²) >= 11 is 0. The maximum absolute atomic E-state index is 9.17. The van der Waals surface area contributed by atoms with Crippen LogP contribution in [0.5, 0.6) is 0 Å².